The molecule has 0 saturated heterocycles. The number of hydrogen-bond acceptors (Lipinski definition) is 3. The van der Waals surface area contributed by atoms with Crippen molar-refractivity contribution < 1.29 is 14.3 Å². The van der Waals surface area contributed by atoms with Crippen molar-refractivity contribution in [3.8, 4) is 5.75 Å². The third-order valence-electron chi connectivity index (χ3n) is 6.49. The molecule has 0 bridgehead atoms. The van der Waals surface area contributed by atoms with Crippen molar-refractivity contribution in [3.63, 3.8) is 0 Å². The Morgan fingerprint density at radius 3 is 2.33 bits per heavy atom. The molecule has 1 atom stereocenters. The van der Waals surface area contributed by atoms with Gasteiger partial charge in [0.05, 0.1) is 7.11 Å². The molecular formula is C31H32N2O3. The first-order chi connectivity index (χ1) is 17.6. The molecule has 5 heteroatoms. The van der Waals surface area contributed by atoms with E-state index >= 15 is 0 Å². The van der Waals surface area contributed by atoms with Crippen LogP contribution in [0, 0.1) is 0 Å². The van der Waals surface area contributed by atoms with Crippen molar-refractivity contribution in [2.75, 3.05) is 14.2 Å². The fourth-order valence-electron chi connectivity index (χ4n) is 4.58. The molecule has 36 heavy (non-hydrogen) atoms. The van der Waals surface area contributed by atoms with Crippen molar-refractivity contribution in [1.29, 1.82) is 0 Å². The van der Waals surface area contributed by atoms with Gasteiger partial charge in [-0.05, 0) is 46.0 Å². The zero-order chi connectivity index (χ0) is 25.3. The summed E-state index contributed by atoms with van der Waals surface area (Å²) in [6.07, 6.45) is 1.34. The second-order valence-corrected chi connectivity index (χ2v) is 8.83. The van der Waals surface area contributed by atoms with E-state index in [1.54, 1.807) is 19.1 Å². The lowest BCUT2D eigenvalue weighted by Gasteiger charge is -2.31. The molecule has 0 fully saturated rings. The highest BCUT2D eigenvalue weighted by Crippen LogP contribution is 2.22. The maximum atomic E-state index is 13.8. The highest BCUT2D eigenvalue weighted by molar-refractivity contribution is 5.89. The summed E-state index contributed by atoms with van der Waals surface area (Å²) >= 11 is 0. The molecule has 2 amide bonds. The monoisotopic (exact) mass is 480 g/mol. The van der Waals surface area contributed by atoms with Gasteiger partial charge in [0.2, 0.25) is 11.8 Å². The zero-order valence-corrected chi connectivity index (χ0v) is 20.8. The Kier molecular flexibility index (Phi) is 8.35. The van der Waals surface area contributed by atoms with E-state index in [9.17, 15) is 9.59 Å². The predicted molar refractivity (Wildman–Crippen MR) is 144 cm³/mol. The second-order valence-electron chi connectivity index (χ2n) is 8.83. The van der Waals surface area contributed by atoms with Crippen LogP contribution in [-0.4, -0.2) is 36.9 Å². The lowest BCUT2D eigenvalue weighted by molar-refractivity contribution is -0.141. The molecule has 4 rings (SSSR count). The largest absolute Gasteiger partial charge is 0.497 e. The fourth-order valence-corrected chi connectivity index (χ4v) is 4.58. The number of rotatable bonds is 10. The number of benzene rings is 4. The summed E-state index contributed by atoms with van der Waals surface area (Å²) in [5.74, 6) is 0.478. The molecule has 184 valence electrons. The first-order valence-electron chi connectivity index (χ1n) is 12.2. The number of aryl methyl sites for hydroxylation is 1. The highest BCUT2D eigenvalue weighted by atomic mass is 16.5. The van der Waals surface area contributed by atoms with Gasteiger partial charge in [-0.1, -0.05) is 84.9 Å². The van der Waals surface area contributed by atoms with Crippen LogP contribution in [0.25, 0.3) is 10.8 Å². The van der Waals surface area contributed by atoms with Crippen LogP contribution in [0.3, 0.4) is 0 Å². The maximum Gasteiger partial charge on any atom is 0.242 e. The number of amides is 2. The molecule has 0 spiro atoms. The molecule has 0 aliphatic rings. The fraction of sp³-hybridized carbons (Fsp3) is 0.226. The highest BCUT2D eigenvalue weighted by Gasteiger charge is 2.29. The van der Waals surface area contributed by atoms with E-state index in [0.29, 0.717) is 25.8 Å². The quantitative estimate of drug-likeness (QED) is 0.341. The van der Waals surface area contributed by atoms with Crippen molar-refractivity contribution in [1.82, 2.24) is 10.2 Å². The molecule has 0 heterocycles. The number of ether oxygens (including phenoxy) is 1. The average molecular weight is 481 g/mol. The van der Waals surface area contributed by atoms with Gasteiger partial charge in [-0.3, -0.25) is 9.59 Å². The van der Waals surface area contributed by atoms with Gasteiger partial charge in [-0.2, -0.15) is 0 Å². The van der Waals surface area contributed by atoms with E-state index in [-0.39, 0.29) is 11.8 Å². The van der Waals surface area contributed by atoms with Crippen LogP contribution in [-0.2, 0) is 29.0 Å². The Bertz CT molecular complexity index is 1310. The number of methoxy groups -OCH3 is 1. The molecule has 0 unspecified atom stereocenters. The SMILES string of the molecule is CNC(=O)[C@@H](Cc1ccccc1)N(Cc1cccc(OC)c1)C(=O)CCc1cccc2ccccc12. The zero-order valence-electron chi connectivity index (χ0n) is 20.8. The van der Waals surface area contributed by atoms with Gasteiger partial charge in [-0.15, -0.1) is 0 Å². The summed E-state index contributed by atoms with van der Waals surface area (Å²) in [6, 6.07) is 31.2. The molecule has 5 nitrogen and oxygen atoms in total. The summed E-state index contributed by atoms with van der Waals surface area (Å²) in [6.45, 7) is 0.316. The summed E-state index contributed by atoms with van der Waals surface area (Å²) < 4.78 is 5.39. The number of nitrogens with one attached hydrogen (secondary N) is 1. The minimum atomic E-state index is -0.636. The standard InChI is InChI=1S/C31H32N2O3/c1-32-31(35)29(21-23-10-4-3-5-11-23)33(22-24-12-8-16-27(20-24)36-2)30(34)19-18-26-15-9-14-25-13-6-7-17-28(25)26/h3-17,20,29H,18-19,21-22H2,1-2H3,(H,32,35)/t29-/m1/s1. The number of hydrogen-bond donors (Lipinski definition) is 1. The maximum absolute atomic E-state index is 13.8. The minimum absolute atomic E-state index is 0.0599. The van der Waals surface area contributed by atoms with Crippen molar-refractivity contribution in [2.24, 2.45) is 0 Å². The molecule has 4 aromatic rings. The molecule has 0 aliphatic heterocycles. The molecule has 1 N–H and O–H groups in total. The Labute approximate surface area is 212 Å². The Morgan fingerprint density at radius 2 is 1.56 bits per heavy atom. The van der Waals surface area contributed by atoms with Gasteiger partial charge in [0, 0.05) is 26.4 Å². The predicted octanol–water partition coefficient (Wildman–Crippen LogP) is 5.17. The second kappa shape index (κ2) is 12.0. The third kappa shape index (κ3) is 6.11. The third-order valence-corrected chi connectivity index (χ3v) is 6.49. The van der Waals surface area contributed by atoms with Crippen LogP contribution >= 0.6 is 0 Å². The number of fused-ring (bicyclic) bond motifs is 1. The summed E-state index contributed by atoms with van der Waals surface area (Å²) in [5, 5.41) is 5.08. The number of carbonyl (C=O) groups is 2. The number of likely N-dealkylation sites (N-methyl/N-ethyl adjacent to an activating group) is 1. The summed E-state index contributed by atoms with van der Waals surface area (Å²) in [7, 11) is 3.24. The molecule has 0 radical (unpaired) electrons. The molecular weight excluding hydrogens is 448 g/mol. The van der Waals surface area contributed by atoms with Crippen LogP contribution in [0.15, 0.2) is 97.1 Å². The van der Waals surface area contributed by atoms with Gasteiger partial charge in [0.15, 0.2) is 0 Å². The normalized spacial score (nSPS) is 11.6. The number of carbonyl (C=O) groups excluding carboxylic acids is 2. The van der Waals surface area contributed by atoms with Crippen molar-refractivity contribution in [2.45, 2.75) is 31.8 Å². The Morgan fingerprint density at radius 1 is 0.861 bits per heavy atom. The topological polar surface area (TPSA) is 58.6 Å². The number of nitrogens with zero attached hydrogens (tertiary/aromatic N) is 1. The van der Waals surface area contributed by atoms with E-state index in [4.69, 9.17) is 4.74 Å². The van der Waals surface area contributed by atoms with E-state index in [0.717, 1.165) is 33.2 Å². The van der Waals surface area contributed by atoms with Crippen molar-refractivity contribution in [3.05, 3.63) is 114 Å². The smallest absolute Gasteiger partial charge is 0.242 e. The van der Waals surface area contributed by atoms with Gasteiger partial charge < -0.3 is 15.0 Å². The molecule has 0 aromatic heterocycles. The first-order valence-corrected chi connectivity index (χ1v) is 12.2. The Balaban J connectivity index is 1.63. The molecule has 4 aromatic carbocycles. The van der Waals surface area contributed by atoms with Crippen LogP contribution in [0.2, 0.25) is 0 Å². The van der Waals surface area contributed by atoms with E-state index in [1.165, 1.54) is 0 Å². The summed E-state index contributed by atoms with van der Waals surface area (Å²) in [4.78, 5) is 28.6. The van der Waals surface area contributed by atoms with Gasteiger partial charge in [0.25, 0.3) is 0 Å². The Hall–Kier alpha value is -4.12. The lowest BCUT2D eigenvalue weighted by atomic mass is 9.99. The minimum Gasteiger partial charge on any atom is -0.497 e. The van der Waals surface area contributed by atoms with E-state index < -0.39 is 6.04 Å². The first kappa shape index (κ1) is 25.0. The van der Waals surface area contributed by atoms with E-state index in [2.05, 4.69) is 29.6 Å². The molecule has 0 saturated carbocycles. The van der Waals surface area contributed by atoms with Crippen LogP contribution in [0.1, 0.15) is 23.1 Å². The molecule has 0 aliphatic carbocycles. The van der Waals surface area contributed by atoms with Crippen molar-refractivity contribution >= 4 is 22.6 Å². The van der Waals surface area contributed by atoms with Gasteiger partial charge in [-0.25, -0.2) is 0 Å². The van der Waals surface area contributed by atoms with Crippen LogP contribution in [0.5, 0.6) is 5.75 Å². The average Bonchev–Trinajstić information content (AvgIpc) is 2.93. The van der Waals surface area contributed by atoms with Gasteiger partial charge in [0.1, 0.15) is 11.8 Å². The van der Waals surface area contributed by atoms with E-state index in [1.807, 2.05) is 72.8 Å². The lowest BCUT2D eigenvalue weighted by Crippen LogP contribution is -2.49. The van der Waals surface area contributed by atoms with Crippen LogP contribution in [0.4, 0.5) is 0 Å². The van der Waals surface area contributed by atoms with Gasteiger partial charge >= 0.3 is 0 Å². The summed E-state index contributed by atoms with van der Waals surface area (Å²) in [5.41, 5.74) is 3.04. The van der Waals surface area contributed by atoms with Crippen LogP contribution < -0.4 is 10.1 Å².